The molecule has 1 aliphatic heterocycles. The molecule has 0 radical (unpaired) electrons. The molecule has 0 bridgehead atoms. The van der Waals surface area contributed by atoms with Crippen LogP contribution in [0, 0.1) is 5.92 Å². The second-order valence-electron chi connectivity index (χ2n) is 5.00. The summed E-state index contributed by atoms with van der Waals surface area (Å²) in [7, 11) is 0. The molecule has 0 spiro atoms. The summed E-state index contributed by atoms with van der Waals surface area (Å²) < 4.78 is 11.2. The standard InChI is InChI=1S/C15H20O5/c1-2-10(14(17)18)8-13-12(16)9-19-15(20-13)11-6-4-3-5-7-11/h3-7,10,12-13,15-16H,2,8-9H2,1H3,(H,17,18)/t10-,12-,13+,15-/m1/s1. The maximum Gasteiger partial charge on any atom is 0.306 e. The third kappa shape index (κ3) is 3.56. The highest BCUT2D eigenvalue weighted by Gasteiger charge is 2.34. The van der Waals surface area contributed by atoms with Gasteiger partial charge in [0.25, 0.3) is 0 Å². The van der Waals surface area contributed by atoms with Crippen LogP contribution >= 0.6 is 0 Å². The second kappa shape index (κ2) is 6.83. The molecule has 1 aromatic rings. The number of aliphatic hydroxyl groups excluding tert-OH is 1. The van der Waals surface area contributed by atoms with Gasteiger partial charge in [0, 0.05) is 5.56 Å². The van der Waals surface area contributed by atoms with Crippen molar-refractivity contribution >= 4 is 5.97 Å². The number of carbonyl (C=O) groups is 1. The van der Waals surface area contributed by atoms with Gasteiger partial charge in [0.05, 0.1) is 18.6 Å². The molecule has 110 valence electrons. The Morgan fingerprint density at radius 2 is 2.10 bits per heavy atom. The summed E-state index contributed by atoms with van der Waals surface area (Å²) in [5.41, 5.74) is 0.868. The molecule has 1 heterocycles. The normalized spacial score (nSPS) is 28.0. The monoisotopic (exact) mass is 280 g/mol. The van der Waals surface area contributed by atoms with E-state index in [0.29, 0.717) is 12.8 Å². The summed E-state index contributed by atoms with van der Waals surface area (Å²) in [5.74, 6) is -1.37. The zero-order valence-electron chi connectivity index (χ0n) is 11.4. The molecule has 1 fully saturated rings. The fourth-order valence-electron chi connectivity index (χ4n) is 2.30. The summed E-state index contributed by atoms with van der Waals surface area (Å²) in [6.07, 6.45) is -1.05. The van der Waals surface area contributed by atoms with Gasteiger partial charge in [-0.15, -0.1) is 0 Å². The molecule has 1 aromatic carbocycles. The predicted octanol–water partition coefficient (Wildman–Crippen LogP) is 1.96. The fraction of sp³-hybridized carbons (Fsp3) is 0.533. The second-order valence-corrected chi connectivity index (χ2v) is 5.00. The van der Waals surface area contributed by atoms with E-state index in [1.165, 1.54) is 0 Å². The van der Waals surface area contributed by atoms with Crippen molar-refractivity contribution in [1.29, 1.82) is 0 Å². The van der Waals surface area contributed by atoms with Crippen LogP contribution in [0.3, 0.4) is 0 Å². The van der Waals surface area contributed by atoms with Gasteiger partial charge in [-0.2, -0.15) is 0 Å². The molecule has 0 aliphatic carbocycles. The van der Waals surface area contributed by atoms with E-state index in [-0.39, 0.29) is 6.61 Å². The van der Waals surface area contributed by atoms with Crippen LogP contribution in [0.25, 0.3) is 0 Å². The van der Waals surface area contributed by atoms with Crippen LogP contribution in [-0.2, 0) is 14.3 Å². The minimum atomic E-state index is -0.856. The van der Waals surface area contributed by atoms with E-state index in [2.05, 4.69) is 0 Å². The zero-order valence-corrected chi connectivity index (χ0v) is 11.4. The zero-order chi connectivity index (χ0) is 14.5. The highest BCUT2D eigenvalue weighted by atomic mass is 16.7. The molecular formula is C15H20O5. The average Bonchev–Trinajstić information content (AvgIpc) is 2.47. The van der Waals surface area contributed by atoms with Crippen molar-refractivity contribution in [2.75, 3.05) is 6.61 Å². The third-order valence-corrected chi connectivity index (χ3v) is 3.58. The Morgan fingerprint density at radius 1 is 1.40 bits per heavy atom. The van der Waals surface area contributed by atoms with Gasteiger partial charge < -0.3 is 19.7 Å². The quantitative estimate of drug-likeness (QED) is 0.862. The van der Waals surface area contributed by atoms with Crippen molar-refractivity contribution < 1.29 is 24.5 Å². The first-order valence-electron chi connectivity index (χ1n) is 6.84. The molecule has 2 N–H and O–H groups in total. The van der Waals surface area contributed by atoms with Gasteiger partial charge in [0.1, 0.15) is 6.10 Å². The van der Waals surface area contributed by atoms with Gasteiger partial charge in [-0.25, -0.2) is 0 Å². The smallest absolute Gasteiger partial charge is 0.306 e. The van der Waals surface area contributed by atoms with E-state index in [1.54, 1.807) is 0 Å². The van der Waals surface area contributed by atoms with Crippen LogP contribution < -0.4 is 0 Å². The number of ether oxygens (including phenoxy) is 2. The largest absolute Gasteiger partial charge is 0.481 e. The highest BCUT2D eigenvalue weighted by molar-refractivity contribution is 5.69. The minimum Gasteiger partial charge on any atom is -0.481 e. The maximum absolute atomic E-state index is 11.1. The topological polar surface area (TPSA) is 76.0 Å². The van der Waals surface area contributed by atoms with E-state index >= 15 is 0 Å². The summed E-state index contributed by atoms with van der Waals surface area (Å²) in [5, 5.41) is 19.0. The molecule has 1 aliphatic rings. The number of carboxylic acids is 1. The Balaban J connectivity index is 2.03. The van der Waals surface area contributed by atoms with E-state index in [4.69, 9.17) is 14.6 Å². The van der Waals surface area contributed by atoms with E-state index in [0.717, 1.165) is 5.56 Å². The Morgan fingerprint density at radius 3 is 2.70 bits per heavy atom. The average molecular weight is 280 g/mol. The SMILES string of the molecule is CC[C@H](C[C@@H]1O[C@H](c2ccccc2)OC[C@H]1O)C(=O)O. The third-order valence-electron chi connectivity index (χ3n) is 3.58. The van der Waals surface area contributed by atoms with Crippen molar-refractivity contribution in [3.05, 3.63) is 35.9 Å². The molecule has 0 amide bonds. The van der Waals surface area contributed by atoms with Crippen LogP contribution in [-0.4, -0.2) is 35.0 Å². The molecule has 0 saturated carbocycles. The molecule has 5 nitrogen and oxygen atoms in total. The fourth-order valence-corrected chi connectivity index (χ4v) is 2.30. The Bertz CT molecular complexity index is 433. The predicted molar refractivity (Wildman–Crippen MR) is 72.0 cm³/mol. The van der Waals surface area contributed by atoms with Crippen LogP contribution in [0.4, 0.5) is 0 Å². The number of hydrogen-bond acceptors (Lipinski definition) is 4. The van der Waals surface area contributed by atoms with Gasteiger partial charge in [0.15, 0.2) is 6.29 Å². The van der Waals surface area contributed by atoms with Gasteiger partial charge in [0.2, 0.25) is 0 Å². The van der Waals surface area contributed by atoms with Crippen LogP contribution in [0.2, 0.25) is 0 Å². The Hall–Kier alpha value is -1.43. The van der Waals surface area contributed by atoms with Gasteiger partial charge in [-0.05, 0) is 12.8 Å². The van der Waals surface area contributed by atoms with E-state index in [1.807, 2.05) is 37.3 Å². The summed E-state index contributed by atoms with van der Waals surface area (Å²) in [6, 6.07) is 9.43. The molecule has 0 aromatic heterocycles. The number of aliphatic hydroxyl groups is 1. The lowest BCUT2D eigenvalue weighted by Gasteiger charge is -2.35. The van der Waals surface area contributed by atoms with Crippen molar-refractivity contribution in [2.24, 2.45) is 5.92 Å². The maximum atomic E-state index is 11.1. The minimum absolute atomic E-state index is 0.153. The summed E-state index contributed by atoms with van der Waals surface area (Å²) >= 11 is 0. The Labute approximate surface area is 118 Å². The molecule has 4 atom stereocenters. The number of hydrogen-bond donors (Lipinski definition) is 2. The van der Waals surface area contributed by atoms with E-state index in [9.17, 15) is 9.90 Å². The van der Waals surface area contributed by atoms with Crippen LogP contribution in [0.5, 0.6) is 0 Å². The lowest BCUT2D eigenvalue weighted by molar-refractivity contribution is -0.260. The molecule has 0 unspecified atom stereocenters. The molecule has 20 heavy (non-hydrogen) atoms. The van der Waals surface area contributed by atoms with Crippen LogP contribution in [0.1, 0.15) is 31.6 Å². The molecule has 2 rings (SSSR count). The first-order chi connectivity index (χ1) is 9.61. The molecule has 5 heteroatoms. The van der Waals surface area contributed by atoms with Gasteiger partial charge in [-0.1, -0.05) is 37.3 Å². The van der Waals surface area contributed by atoms with Crippen molar-refractivity contribution in [3.8, 4) is 0 Å². The van der Waals surface area contributed by atoms with Crippen molar-refractivity contribution in [2.45, 2.75) is 38.3 Å². The first-order valence-corrected chi connectivity index (χ1v) is 6.84. The number of rotatable bonds is 5. The van der Waals surface area contributed by atoms with Gasteiger partial charge >= 0.3 is 5.97 Å². The number of aliphatic carboxylic acids is 1. The molecule has 1 saturated heterocycles. The number of carboxylic acid groups (broad SMARTS) is 1. The van der Waals surface area contributed by atoms with Crippen molar-refractivity contribution in [1.82, 2.24) is 0 Å². The van der Waals surface area contributed by atoms with Crippen molar-refractivity contribution in [3.63, 3.8) is 0 Å². The molecular weight excluding hydrogens is 260 g/mol. The highest BCUT2D eigenvalue weighted by Crippen LogP contribution is 2.29. The summed E-state index contributed by atoms with van der Waals surface area (Å²) in [4.78, 5) is 11.1. The van der Waals surface area contributed by atoms with Gasteiger partial charge in [-0.3, -0.25) is 4.79 Å². The first kappa shape index (κ1) is 15.0. The lowest BCUT2D eigenvalue weighted by atomic mass is 9.95. The number of benzene rings is 1. The summed E-state index contributed by atoms with van der Waals surface area (Å²) in [6.45, 7) is 1.97. The van der Waals surface area contributed by atoms with E-state index < -0.39 is 30.4 Å². The van der Waals surface area contributed by atoms with Crippen LogP contribution in [0.15, 0.2) is 30.3 Å². The lowest BCUT2D eigenvalue weighted by Crippen LogP contribution is -2.42. The Kier molecular flexibility index (Phi) is 5.11.